The molecule has 6 heteroatoms. The molecule has 1 atom stereocenters. The normalized spacial score (nSPS) is 15.9. The van der Waals surface area contributed by atoms with E-state index in [4.69, 9.17) is 0 Å². The number of carbonyl (C=O) groups is 3. The van der Waals surface area contributed by atoms with Crippen molar-refractivity contribution >= 4 is 17.8 Å². The van der Waals surface area contributed by atoms with Crippen molar-refractivity contribution in [3.05, 3.63) is 48.0 Å². The Hall–Kier alpha value is -2.63. The number of hydrogen-bond donors (Lipinski definition) is 0. The molecule has 1 aromatic rings. The molecule has 0 saturated carbocycles. The van der Waals surface area contributed by atoms with Crippen molar-refractivity contribution in [2.24, 2.45) is 0 Å². The molecule has 25 heavy (non-hydrogen) atoms. The molecule has 0 radical (unpaired) electrons. The summed E-state index contributed by atoms with van der Waals surface area (Å²) in [5, 5.41) is 0. The van der Waals surface area contributed by atoms with Gasteiger partial charge in [0.1, 0.15) is 0 Å². The van der Waals surface area contributed by atoms with Crippen LogP contribution in [0.5, 0.6) is 0 Å². The molecule has 2 amide bonds. The predicted octanol–water partition coefficient (Wildman–Crippen LogP) is 1.58. The summed E-state index contributed by atoms with van der Waals surface area (Å²) in [5.74, 6) is -0.530. The number of methoxy groups -OCH3 is 1. The van der Waals surface area contributed by atoms with E-state index in [1.165, 1.54) is 13.2 Å². The van der Waals surface area contributed by atoms with Gasteiger partial charge in [0, 0.05) is 44.8 Å². The summed E-state index contributed by atoms with van der Waals surface area (Å²) < 4.78 is 4.46. The van der Waals surface area contributed by atoms with Crippen LogP contribution >= 0.6 is 0 Å². The van der Waals surface area contributed by atoms with Crippen LogP contribution in [0.1, 0.15) is 24.8 Å². The Morgan fingerprint density at radius 1 is 1.04 bits per heavy atom. The second-order valence-corrected chi connectivity index (χ2v) is 6.08. The van der Waals surface area contributed by atoms with E-state index in [1.54, 1.807) is 9.80 Å². The van der Waals surface area contributed by atoms with E-state index in [9.17, 15) is 14.4 Å². The lowest BCUT2D eigenvalue weighted by Gasteiger charge is -2.34. The van der Waals surface area contributed by atoms with Crippen molar-refractivity contribution in [2.45, 2.75) is 19.3 Å². The Kier molecular flexibility index (Phi) is 6.74. The van der Waals surface area contributed by atoms with Gasteiger partial charge in [-0.3, -0.25) is 9.59 Å². The number of nitrogens with zero attached hydrogens (tertiary/aromatic N) is 2. The van der Waals surface area contributed by atoms with E-state index >= 15 is 0 Å². The Morgan fingerprint density at radius 2 is 1.64 bits per heavy atom. The van der Waals surface area contributed by atoms with E-state index < -0.39 is 5.97 Å². The molecule has 1 unspecified atom stereocenters. The second-order valence-electron chi connectivity index (χ2n) is 6.08. The first-order valence-corrected chi connectivity index (χ1v) is 8.39. The highest BCUT2D eigenvalue weighted by Crippen LogP contribution is 2.20. The van der Waals surface area contributed by atoms with Gasteiger partial charge >= 0.3 is 5.97 Å². The highest BCUT2D eigenvalue weighted by atomic mass is 16.5. The van der Waals surface area contributed by atoms with Gasteiger partial charge in [-0.2, -0.15) is 0 Å². The average Bonchev–Trinajstić information content (AvgIpc) is 2.66. The molecule has 2 rings (SSSR count). The van der Waals surface area contributed by atoms with Crippen LogP contribution < -0.4 is 0 Å². The predicted molar refractivity (Wildman–Crippen MR) is 93.8 cm³/mol. The second kappa shape index (κ2) is 9.01. The van der Waals surface area contributed by atoms with Gasteiger partial charge in [0.05, 0.1) is 7.11 Å². The fourth-order valence-electron chi connectivity index (χ4n) is 2.78. The van der Waals surface area contributed by atoms with Crippen molar-refractivity contribution in [3.63, 3.8) is 0 Å². The van der Waals surface area contributed by atoms with Gasteiger partial charge in [-0.15, -0.1) is 0 Å². The van der Waals surface area contributed by atoms with E-state index in [-0.39, 0.29) is 17.7 Å². The van der Waals surface area contributed by atoms with Gasteiger partial charge in [-0.05, 0) is 11.5 Å². The minimum absolute atomic E-state index is 0.105. The number of esters is 1. The molecule has 1 aromatic carbocycles. The molecular weight excluding hydrogens is 320 g/mol. The molecule has 1 fully saturated rings. The fourth-order valence-corrected chi connectivity index (χ4v) is 2.78. The standard InChI is InChI=1S/C19H24N2O4/c1-15(16-6-4-3-5-7-16)14-18(23)21-12-10-20(11-13-21)17(22)8-9-19(24)25-2/h3-9,15H,10-14H2,1-2H3/b9-8+. The topological polar surface area (TPSA) is 66.9 Å². The Bertz CT molecular complexity index is 634. The monoisotopic (exact) mass is 344 g/mol. The molecule has 0 bridgehead atoms. The molecule has 0 spiro atoms. The lowest BCUT2D eigenvalue weighted by molar-refractivity contribution is -0.137. The van der Waals surface area contributed by atoms with Gasteiger partial charge in [-0.25, -0.2) is 4.79 Å². The number of rotatable bonds is 5. The molecular formula is C19H24N2O4. The van der Waals surface area contributed by atoms with Crippen molar-refractivity contribution in [3.8, 4) is 0 Å². The largest absolute Gasteiger partial charge is 0.466 e. The van der Waals surface area contributed by atoms with Crippen molar-refractivity contribution in [1.82, 2.24) is 9.80 Å². The van der Waals surface area contributed by atoms with Crippen LogP contribution in [0.3, 0.4) is 0 Å². The third-order valence-electron chi connectivity index (χ3n) is 4.36. The summed E-state index contributed by atoms with van der Waals surface area (Å²) in [4.78, 5) is 38.9. The lowest BCUT2D eigenvalue weighted by Crippen LogP contribution is -2.50. The molecule has 134 valence electrons. The quantitative estimate of drug-likeness (QED) is 0.601. The SMILES string of the molecule is COC(=O)/C=C/C(=O)N1CCN(C(=O)CC(C)c2ccccc2)CC1. The van der Waals surface area contributed by atoms with Gasteiger partial charge < -0.3 is 14.5 Å². The van der Waals surface area contributed by atoms with Crippen LogP contribution in [0, 0.1) is 0 Å². The van der Waals surface area contributed by atoms with E-state index in [1.807, 2.05) is 37.3 Å². The first-order valence-electron chi connectivity index (χ1n) is 8.39. The summed E-state index contributed by atoms with van der Waals surface area (Å²) in [7, 11) is 1.26. The number of carbonyl (C=O) groups excluding carboxylic acids is 3. The Balaban J connectivity index is 1.81. The lowest BCUT2D eigenvalue weighted by atomic mass is 9.97. The molecule has 1 heterocycles. The number of benzene rings is 1. The molecule has 1 aliphatic rings. The third-order valence-corrected chi connectivity index (χ3v) is 4.36. The van der Waals surface area contributed by atoms with E-state index in [0.29, 0.717) is 32.6 Å². The zero-order valence-electron chi connectivity index (χ0n) is 14.7. The Labute approximate surface area is 148 Å². The molecule has 0 aromatic heterocycles. The number of amides is 2. The highest BCUT2D eigenvalue weighted by Gasteiger charge is 2.24. The summed E-state index contributed by atoms with van der Waals surface area (Å²) >= 11 is 0. The molecule has 6 nitrogen and oxygen atoms in total. The molecule has 1 saturated heterocycles. The summed E-state index contributed by atoms with van der Waals surface area (Å²) in [5.41, 5.74) is 1.15. The summed E-state index contributed by atoms with van der Waals surface area (Å²) in [6.45, 7) is 4.01. The minimum atomic E-state index is -0.558. The number of hydrogen-bond acceptors (Lipinski definition) is 4. The van der Waals surface area contributed by atoms with Crippen molar-refractivity contribution in [1.29, 1.82) is 0 Å². The fraction of sp³-hybridized carbons (Fsp3) is 0.421. The van der Waals surface area contributed by atoms with Crippen LogP contribution in [-0.4, -0.2) is 60.9 Å². The maximum atomic E-state index is 12.5. The van der Waals surface area contributed by atoms with Gasteiger partial charge in [-0.1, -0.05) is 37.3 Å². The van der Waals surface area contributed by atoms with E-state index in [2.05, 4.69) is 4.74 Å². The van der Waals surface area contributed by atoms with Gasteiger partial charge in [0.25, 0.3) is 0 Å². The molecule has 1 aliphatic heterocycles. The zero-order chi connectivity index (χ0) is 18.2. The first kappa shape index (κ1) is 18.7. The first-order chi connectivity index (χ1) is 12.0. The smallest absolute Gasteiger partial charge is 0.330 e. The van der Waals surface area contributed by atoms with Crippen LogP contribution in [0.25, 0.3) is 0 Å². The minimum Gasteiger partial charge on any atom is -0.466 e. The Morgan fingerprint density at radius 3 is 2.24 bits per heavy atom. The van der Waals surface area contributed by atoms with Crippen molar-refractivity contribution in [2.75, 3.05) is 33.3 Å². The highest BCUT2D eigenvalue weighted by molar-refractivity contribution is 5.94. The van der Waals surface area contributed by atoms with Gasteiger partial charge in [0.15, 0.2) is 0 Å². The van der Waals surface area contributed by atoms with Crippen LogP contribution in [-0.2, 0) is 19.1 Å². The van der Waals surface area contributed by atoms with Gasteiger partial charge in [0.2, 0.25) is 11.8 Å². The summed E-state index contributed by atoms with van der Waals surface area (Å²) in [6, 6.07) is 9.97. The van der Waals surface area contributed by atoms with Crippen LogP contribution in [0.4, 0.5) is 0 Å². The van der Waals surface area contributed by atoms with Crippen LogP contribution in [0.15, 0.2) is 42.5 Å². The molecule has 0 aliphatic carbocycles. The number of ether oxygens (including phenoxy) is 1. The molecule has 0 N–H and O–H groups in total. The maximum absolute atomic E-state index is 12.5. The van der Waals surface area contributed by atoms with E-state index in [0.717, 1.165) is 11.6 Å². The third kappa shape index (κ3) is 5.45. The maximum Gasteiger partial charge on any atom is 0.330 e. The van der Waals surface area contributed by atoms with Crippen molar-refractivity contribution < 1.29 is 19.1 Å². The van der Waals surface area contributed by atoms with Crippen LogP contribution in [0.2, 0.25) is 0 Å². The zero-order valence-corrected chi connectivity index (χ0v) is 14.7. The summed E-state index contributed by atoms with van der Waals surface area (Å²) in [6.07, 6.45) is 2.78. The average molecular weight is 344 g/mol. The number of piperazine rings is 1.